The molecule has 0 aliphatic carbocycles. The Balaban J connectivity index is 1.75. The number of guanidine groups is 1. The molecule has 1 aromatic rings. The molecule has 0 radical (unpaired) electrons. The van der Waals surface area contributed by atoms with Crippen LogP contribution in [0, 0.1) is 5.92 Å². The summed E-state index contributed by atoms with van der Waals surface area (Å²) < 4.78 is 0. The smallest absolute Gasteiger partial charge is 0.191 e. The predicted molar refractivity (Wildman–Crippen MR) is 106 cm³/mol. The Morgan fingerprint density at radius 1 is 1.33 bits per heavy atom. The summed E-state index contributed by atoms with van der Waals surface area (Å²) in [5.74, 6) is 2.23. The maximum Gasteiger partial charge on any atom is 0.191 e. The lowest BCUT2D eigenvalue weighted by Gasteiger charge is -2.32. The van der Waals surface area contributed by atoms with Crippen LogP contribution >= 0.6 is 11.3 Å². The van der Waals surface area contributed by atoms with Gasteiger partial charge in [0.15, 0.2) is 5.96 Å². The fourth-order valence-corrected chi connectivity index (χ4v) is 3.98. The summed E-state index contributed by atoms with van der Waals surface area (Å²) in [6.07, 6.45) is 3.87. The highest BCUT2D eigenvalue weighted by Gasteiger charge is 2.18. The zero-order valence-corrected chi connectivity index (χ0v) is 16.4. The first kappa shape index (κ1) is 19.3. The molecule has 1 fully saturated rings. The average Bonchev–Trinajstić information content (AvgIpc) is 3.13. The van der Waals surface area contributed by atoms with Crippen molar-refractivity contribution in [3.05, 3.63) is 22.4 Å². The summed E-state index contributed by atoms with van der Waals surface area (Å²) in [7, 11) is 0. The van der Waals surface area contributed by atoms with E-state index in [1.54, 1.807) is 0 Å². The normalized spacial score (nSPS) is 18.5. The first-order chi connectivity index (χ1) is 11.7. The van der Waals surface area contributed by atoms with Crippen molar-refractivity contribution in [2.75, 3.05) is 39.3 Å². The summed E-state index contributed by atoms with van der Waals surface area (Å²) in [6, 6.07) is 4.32. The maximum absolute atomic E-state index is 4.79. The fourth-order valence-electron chi connectivity index (χ4n) is 3.20. The van der Waals surface area contributed by atoms with E-state index in [1.807, 2.05) is 11.3 Å². The Kier molecular flexibility index (Phi) is 8.60. The van der Waals surface area contributed by atoms with E-state index in [-0.39, 0.29) is 0 Å². The topological polar surface area (TPSA) is 39.7 Å². The van der Waals surface area contributed by atoms with Crippen LogP contribution in [0.25, 0.3) is 0 Å². The van der Waals surface area contributed by atoms with E-state index in [4.69, 9.17) is 4.99 Å². The summed E-state index contributed by atoms with van der Waals surface area (Å²) in [4.78, 5) is 8.80. The number of likely N-dealkylation sites (tertiary alicyclic amines) is 1. The van der Waals surface area contributed by atoms with Crippen LogP contribution in [0.5, 0.6) is 0 Å². The van der Waals surface area contributed by atoms with Crippen molar-refractivity contribution in [2.45, 2.75) is 46.0 Å². The molecule has 1 aromatic heterocycles. The van der Waals surface area contributed by atoms with Crippen molar-refractivity contribution in [3.8, 4) is 0 Å². The van der Waals surface area contributed by atoms with E-state index < -0.39 is 0 Å². The van der Waals surface area contributed by atoms with Crippen LogP contribution in [0.1, 0.15) is 50.8 Å². The summed E-state index contributed by atoms with van der Waals surface area (Å²) in [6.45, 7) is 13.2. The second-order valence-corrected chi connectivity index (χ2v) is 7.78. The molecule has 0 saturated carbocycles. The molecule has 1 aliphatic rings. The molecule has 0 spiro atoms. The van der Waals surface area contributed by atoms with Crippen LogP contribution in [0.3, 0.4) is 0 Å². The molecule has 2 heterocycles. The van der Waals surface area contributed by atoms with Gasteiger partial charge in [-0.25, -0.2) is 0 Å². The summed E-state index contributed by atoms with van der Waals surface area (Å²) >= 11 is 1.82. The highest BCUT2D eigenvalue weighted by Crippen LogP contribution is 2.20. The molecule has 5 heteroatoms. The van der Waals surface area contributed by atoms with Crippen molar-refractivity contribution in [1.82, 2.24) is 15.5 Å². The molecule has 2 rings (SSSR count). The standard InChI is InChI=1S/C19H34N4S/c1-4-10-23-11-8-17(9-12-23)15-22-19(20-5-2)21-14-16(3)18-7-6-13-24-18/h6-7,13,16-17H,4-5,8-12,14-15H2,1-3H3,(H2,20,21,22). The van der Waals surface area contributed by atoms with Crippen LogP contribution in [0.4, 0.5) is 0 Å². The van der Waals surface area contributed by atoms with Gasteiger partial charge in [-0.05, 0) is 63.2 Å². The highest BCUT2D eigenvalue weighted by atomic mass is 32.1. The maximum atomic E-state index is 4.79. The minimum Gasteiger partial charge on any atom is -0.357 e. The Morgan fingerprint density at radius 2 is 2.12 bits per heavy atom. The van der Waals surface area contributed by atoms with E-state index in [2.05, 4.69) is 53.8 Å². The summed E-state index contributed by atoms with van der Waals surface area (Å²) in [5.41, 5.74) is 0. The Labute approximate surface area is 151 Å². The predicted octanol–water partition coefficient (Wildman–Crippen LogP) is 3.53. The lowest BCUT2D eigenvalue weighted by Crippen LogP contribution is -2.43. The van der Waals surface area contributed by atoms with Gasteiger partial charge < -0.3 is 15.5 Å². The monoisotopic (exact) mass is 350 g/mol. The quantitative estimate of drug-likeness (QED) is 0.556. The molecule has 1 atom stereocenters. The Bertz CT molecular complexity index is 464. The third-order valence-corrected chi connectivity index (χ3v) is 5.81. The van der Waals surface area contributed by atoms with Crippen molar-refractivity contribution < 1.29 is 0 Å². The fraction of sp³-hybridized carbons (Fsp3) is 0.737. The lowest BCUT2D eigenvalue weighted by atomic mass is 9.97. The van der Waals surface area contributed by atoms with Crippen LogP contribution < -0.4 is 10.6 Å². The number of piperidine rings is 1. The van der Waals surface area contributed by atoms with Gasteiger partial charge in [-0.3, -0.25) is 4.99 Å². The Hall–Kier alpha value is -1.07. The molecule has 4 nitrogen and oxygen atoms in total. The number of hydrogen-bond donors (Lipinski definition) is 2. The second-order valence-electron chi connectivity index (χ2n) is 6.80. The van der Waals surface area contributed by atoms with E-state index >= 15 is 0 Å². The molecule has 1 saturated heterocycles. The highest BCUT2D eigenvalue weighted by molar-refractivity contribution is 7.10. The first-order valence-corrected chi connectivity index (χ1v) is 10.4. The zero-order valence-electron chi connectivity index (χ0n) is 15.6. The van der Waals surface area contributed by atoms with Crippen LogP contribution in [0.15, 0.2) is 22.5 Å². The summed E-state index contributed by atoms with van der Waals surface area (Å²) in [5, 5.41) is 9.09. The number of nitrogens with zero attached hydrogens (tertiary/aromatic N) is 2. The van der Waals surface area contributed by atoms with Crippen molar-refractivity contribution in [1.29, 1.82) is 0 Å². The van der Waals surface area contributed by atoms with Gasteiger partial charge >= 0.3 is 0 Å². The molecule has 136 valence electrons. The molecule has 2 N–H and O–H groups in total. The number of thiophene rings is 1. The van der Waals surface area contributed by atoms with Crippen molar-refractivity contribution in [2.24, 2.45) is 10.9 Å². The van der Waals surface area contributed by atoms with Gasteiger partial charge in [0.1, 0.15) is 0 Å². The van der Waals surface area contributed by atoms with E-state index in [0.29, 0.717) is 5.92 Å². The molecule has 0 aromatic carbocycles. The van der Waals surface area contributed by atoms with Gasteiger partial charge in [-0.1, -0.05) is 19.9 Å². The number of nitrogens with one attached hydrogen (secondary N) is 2. The molecule has 0 bridgehead atoms. The van der Waals surface area contributed by atoms with E-state index in [0.717, 1.165) is 31.5 Å². The third kappa shape index (κ3) is 6.44. The largest absolute Gasteiger partial charge is 0.357 e. The first-order valence-electron chi connectivity index (χ1n) is 9.50. The van der Waals surface area contributed by atoms with Gasteiger partial charge in [-0.15, -0.1) is 11.3 Å². The van der Waals surface area contributed by atoms with Gasteiger partial charge in [-0.2, -0.15) is 0 Å². The lowest BCUT2D eigenvalue weighted by molar-refractivity contribution is 0.185. The molecule has 24 heavy (non-hydrogen) atoms. The average molecular weight is 351 g/mol. The van der Waals surface area contributed by atoms with E-state index in [1.165, 1.54) is 43.8 Å². The van der Waals surface area contributed by atoms with Gasteiger partial charge in [0.2, 0.25) is 0 Å². The van der Waals surface area contributed by atoms with Crippen LogP contribution in [-0.2, 0) is 0 Å². The van der Waals surface area contributed by atoms with Crippen molar-refractivity contribution >= 4 is 17.3 Å². The molecule has 0 amide bonds. The molecular formula is C19H34N4S. The SMILES string of the molecule is CCCN1CCC(CNC(=NCC(C)c2cccs2)NCC)CC1. The zero-order chi connectivity index (χ0) is 17.2. The number of rotatable bonds is 8. The number of aliphatic imine (C=N–C) groups is 1. The molecule has 1 aliphatic heterocycles. The van der Waals surface area contributed by atoms with Gasteiger partial charge in [0, 0.05) is 23.9 Å². The van der Waals surface area contributed by atoms with Gasteiger partial charge in [0.25, 0.3) is 0 Å². The minimum absolute atomic E-state index is 0.484. The molecule has 1 unspecified atom stereocenters. The third-order valence-electron chi connectivity index (χ3n) is 4.70. The second kappa shape index (κ2) is 10.7. The van der Waals surface area contributed by atoms with Crippen LogP contribution in [0.2, 0.25) is 0 Å². The van der Waals surface area contributed by atoms with Crippen molar-refractivity contribution in [3.63, 3.8) is 0 Å². The Morgan fingerprint density at radius 3 is 2.75 bits per heavy atom. The van der Waals surface area contributed by atoms with Gasteiger partial charge in [0.05, 0.1) is 6.54 Å². The van der Waals surface area contributed by atoms with E-state index in [9.17, 15) is 0 Å². The number of hydrogen-bond acceptors (Lipinski definition) is 3. The minimum atomic E-state index is 0.484. The molecular weight excluding hydrogens is 316 g/mol. The van der Waals surface area contributed by atoms with Crippen LogP contribution in [-0.4, -0.2) is 50.1 Å².